The van der Waals surface area contributed by atoms with Crippen LogP contribution in [0, 0.1) is 11.3 Å². The minimum absolute atomic E-state index is 0.716. The van der Waals surface area contributed by atoms with Crippen LogP contribution >= 0.6 is 0 Å². The van der Waals surface area contributed by atoms with Crippen LogP contribution in [0.2, 0.25) is 0 Å². The normalized spacial score (nSPS) is 18.9. The molecule has 0 saturated carbocycles. The lowest BCUT2D eigenvalue weighted by atomic mass is 10.1. The smallest absolute Gasteiger partial charge is 0.134 e. The average molecular weight is 377 g/mol. The van der Waals surface area contributed by atoms with Gasteiger partial charge < -0.3 is 14.7 Å². The third kappa shape index (κ3) is 4.41. The minimum atomic E-state index is 0.716. The first kappa shape index (κ1) is 18.7. The van der Waals surface area contributed by atoms with Gasteiger partial charge in [-0.3, -0.25) is 4.90 Å². The van der Waals surface area contributed by atoms with Gasteiger partial charge in [0.2, 0.25) is 0 Å². The molecule has 0 N–H and O–H groups in total. The Morgan fingerprint density at radius 2 is 1.43 bits per heavy atom. The second-order valence-corrected chi connectivity index (χ2v) is 7.60. The van der Waals surface area contributed by atoms with E-state index in [0.717, 1.165) is 70.5 Å². The van der Waals surface area contributed by atoms with Gasteiger partial charge in [-0.2, -0.15) is 5.26 Å². The van der Waals surface area contributed by atoms with E-state index in [2.05, 4.69) is 60.9 Å². The van der Waals surface area contributed by atoms with Crippen molar-refractivity contribution < 1.29 is 0 Å². The first-order valence-electron chi connectivity index (χ1n) is 9.93. The Labute approximate surface area is 166 Å². The van der Waals surface area contributed by atoms with Crippen molar-refractivity contribution in [1.29, 1.82) is 5.26 Å². The zero-order valence-electron chi connectivity index (χ0n) is 16.5. The van der Waals surface area contributed by atoms with Gasteiger partial charge >= 0.3 is 0 Å². The summed E-state index contributed by atoms with van der Waals surface area (Å²) in [5.41, 5.74) is 1.97. The van der Waals surface area contributed by atoms with Crippen molar-refractivity contribution in [3.63, 3.8) is 0 Å². The van der Waals surface area contributed by atoms with Gasteiger partial charge in [0.25, 0.3) is 0 Å². The molecule has 0 aliphatic carbocycles. The largest absolute Gasteiger partial charge is 0.354 e. The Kier molecular flexibility index (Phi) is 5.70. The van der Waals surface area contributed by atoms with E-state index in [1.807, 2.05) is 12.1 Å². The molecule has 3 heterocycles. The molecule has 2 fully saturated rings. The summed E-state index contributed by atoms with van der Waals surface area (Å²) in [6.07, 6.45) is 1.70. The summed E-state index contributed by atoms with van der Waals surface area (Å²) >= 11 is 0. The number of likely N-dealkylation sites (N-methyl/N-ethyl adjacent to an activating group) is 1. The van der Waals surface area contributed by atoms with Crippen molar-refractivity contribution in [2.75, 3.05) is 69.2 Å². The number of nitrogens with zero attached hydrogens (tertiary/aromatic N) is 7. The molecule has 1 aromatic carbocycles. The standard InChI is InChI=1S/C21H27N7/c1-25-6-10-27(11-7-25)20-14-21(24-17-23-20)28-12-8-26(9-13-28)16-19-4-2-18(15-22)3-5-19/h2-5,14,17H,6-13,16H2,1H3. The van der Waals surface area contributed by atoms with E-state index in [1.165, 1.54) is 5.56 Å². The molecule has 0 atom stereocenters. The summed E-state index contributed by atoms with van der Waals surface area (Å²) in [7, 11) is 2.17. The first-order valence-corrected chi connectivity index (χ1v) is 9.93. The maximum Gasteiger partial charge on any atom is 0.134 e. The minimum Gasteiger partial charge on any atom is -0.354 e. The fraction of sp³-hybridized carbons (Fsp3) is 0.476. The molecular weight excluding hydrogens is 350 g/mol. The van der Waals surface area contributed by atoms with Crippen LogP contribution < -0.4 is 9.80 Å². The van der Waals surface area contributed by atoms with Crippen LogP contribution in [0.15, 0.2) is 36.7 Å². The number of benzene rings is 1. The van der Waals surface area contributed by atoms with Crippen LogP contribution in [0.25, 0.3) is 0 Å². The predicted octanol–water partition coefficient (Wildman–Crippen LogP) is 1.42. The highest BCUT2D eigenvalue weighted by atomic mass is 15.3. The van der Waals surface area contributed by atoms with E-state index in [9.17, 15) is 0 Å². The summed E-state index contributed by atoms with van der Waals surface area (Å²) < 4.78 is 0. The SMILES string of the molecule is CN1CCN(c2cc(N3CCN(Cc4ccc(C#N)cc4)CC3)ncn2)CC1. The fourth-order valence-corrected chi connectivity index (χ4v) is 3.80. The van der Waals surface area contributed by atoms with Gasteiger partial charge in [-0.25, -0.2) is 9.97 Å². The van der Waals surface area contributed by atoms with Gasteiger partial charge in [0.15, 0.2) is 0 Å². The van der Waals surface area contributed by atoms with Gasteiger partial charge in [-0.15, -0.1) is 0 Å². The number of piperazine rings is 2. The van der Waals surface area contributed by atoms with Gasteiger partial charge in [0.05, 0.1) is 11.6 Å². The lowest BCUT2D eigenvalue weighted by molar-refractivity contribution is 0.249. The quantitative estimate of drug-likeness (QED) is 0.798. The van der Waals surface area contributed by atoms with Crippen LogP contribution in [0.4, 0.5) is 11.6 Å². The maximum atomic E-state index is 8.92. The zero-order valence-corrected chi connectivity index (χ0v) is 16.5. The number of hydrogen-bond donors (Lipinski definition) is 0. The third-order valence-electron chi connectivity index (χ3n) is 5.65. The topological polar surface area (TPSA) is 62.5 Å². The van der Waals surface area contributed by atoms with E-state index in [1.54, 1.807) is 6.33 Å². The Morgan fingerprint density at radius 1 is 0.857 bits per heavy atom. The van der Waals surface area contributed by atoms with Gasteiger partial charge in [0, 0.05) is 65.0 Å². The summed E-state index contributed by atoms with van der Waals surface area (Å²) in [6.45, 7) is 9.07. The molecule has 7 nitrogen and oxygen atoms in total. The summed E-state index contributed by atoms with van der Waals surface area (Å²) in [4.78, 5) is 18.6. The Morgan fingerprint density at radius 3 is 2.00 bits per heavy atom. The number of anilines is 2. The van der Waals surface area contributed by atoms with E-state index in [0.29, 0.717) is 5.56 Å². The first-order chi connectivity index (χ1) is 13.7. The van der Waals surface area contributed by atoms with Crippen LogP contribution in [-0.4, -0.2) is 79.2 Å². The second kappa shape index (κ2) is 8.55. The van der Waals surface area contributed by atoms with Crippen LogP contribution in [0.1, 0.15) is 11.1 Å². The Hall–Kier alpha value is -2.69. The molecule has 2 aliphatic heterocycles. The lowest BCUT2D eigenvalue weighted by Crippen LogP contribution is -2.46. The van der Waals surface area contributed by atoms with E-state index in [-0.39, 0.29) is 0 Å². The molecule has 4 rings (SSSR count). The van der Waals surface area contributed by atoms with Gasteiger partial charge in [-0.1, -0.05) is 12.1 Å². The van der Waals surface area contributed by atoms with Crippen LogP contribution in [-0.2, 0) is 6.54 Å². The van der Waals surface area contributed by atoms with Crippen molar-refractivity contribution in [3.05, 3.63) is 47.8 Å². The number of hydrogen-bond acceptors (Lipinski definition) is 7. The molecule has 146 valence electrons. The molecule has 7 heteroatoms. The Bertz CT molecular complexity index is 813. The number of nitriles is 1. The third-order valence-corrected chi connectivity index (χ3v) is 5.65. The highest BCUT2D eigenvalue weighted by Gasteiger charge is 2.20. The molecule has 0 unspecified atom stereocenters. The number of rotatable bonds is 4. The molecule has 2 aromatic rings. The van der Waals surface area contributed by atoms with E-state index in [4.69, 9.17) is 5.26 Å². The van der Waals surface area contributed by atoms with Crippen molar-refractivity contribution in [1.82, 2.24) is 19.8 Å². The lowest BCUT2D eigenvalue weighted by Gasteiger charge is -2.36. The van der Waals surface area contributed by atoms with Crippen molar-refractivity contribution in [3.8, 4) is 6.07 Å². The highest BCUT2D eigenvalue weighted by molar-refractivity contribution is 5.50. The number of aromatic nitrogens is 2. The summed E-state index contributed by atoms with van der Waals surface area (Å²) in [6, 6.07) is 12.2. The summed E-state index contributed by atoms with van der Waals surface area (Å²) in [5.74, 6) is 2.07. The highest BCUT2D eigenvalue weighted by Crippen LogP contribution is 2.20. The van der Waals surface area contributed by atoms with E-state index >= 15 is 0 Å². The van der Waals surface area contributed by atoms with E-state index < -0.39 is 0 Å². The average Bonchev–Trinajstić information content (AvgIpc) is 2.75. The molecule has 28 heavy (non-hydrogen) atoms. The molecule has 2 aliphatic rings. The second-order valence-electron chi connectivity index (χ2n) is 7.60. The van der Waals surface area contributed by atoms with Crippen molar-refractivity contribution in [2.24, 2.45) is 0 Å². The van der Waals surface area contributed by atoms with Gasteiger partial charge in [-0.05, 0) is 24.7 Å². The molecule has 0 radical (unpaired) electrons. The van der Waals surface area contributed by atoms with Crippen molar-refractivity contribution >= 4 is 11.6 Å². The van der Waals surface area contributed by atoms with Gasteiger partial charge in [0.1, 0.15) is 18.0 Å². The molecule has 0 spiro atoms. The zero-order chi connectivity index (χ0) is 19.3. The molecule has 2 saturated heterocycles. The molecule has 0 bridgehead atoms. The fourth-order valence-electron chi connectivity index (χ4n) is 3.80. The predicted molar refractivity (Wildman–Crippen MR) is 110 cm³/mol. The Balaban J connectivity index is 1.33. The van der Waals surface area contributed by atoms with Crippen molar-refractivity contribution in [2.45, 2.75) is 6.54 Å². The summed E-state index contributed by atoms with van der Waals surface area (Å²) in [5, 5.41) is 8.92. The molecule has 0 amide bonds. The molecule has 1 aromatic heterocycles. The maximum absolute atomic E-state index is 8.92. The monoisotopic (exact) mass is 377 g/mol. The van der Waals surface area contributed by atoms with Crippen LogP contribution in [0.3, 0.4) is 0 Å². The molecular formula is C21H27N7. The van der Waals surface area contributed by atoms with Crippen LogP contribution in [0.5, 0.6) is 0 Å².